The molecule has 0 bridgehead atoms. The molecule has 2 N–H and O–H groups in total. The lowest BCUT2D eigenvalue weighted by Crippen LogP contribution is -2.54. The number of imide groups is 2. The largest absolute Gasteiger partial charge is 0.380 e. The van der Waals surface area contributed by atoms with Crippen LogP contribution in [0.1, 0.15) is 65.5 Å². The van der Waals surface area contributed by atoms with E-state index in [9.17, 15) is 19.2 Å². The van der Waals surface area contributed by atoms with E-state index < -0.39 is 29.7 Å². The third kappa shape index (κ3) is 5.44. The van der Waals surface area contributed by atoms with Gasteiger partial charge in [0.25, 0.3) is 11.8 Å². The minimum absolute atomic E-state index is 0.0529. The van der Waals surface area contributed by atoms with Gasteiger partial charge in [0.2, 0.25) is 11.8 Å². The van der Waals surface area contributed by atoms with Crippen LogP contribution in [0.3, 0.4) is 0 Å². The second-order valence-corrected chi connectivity index (χ2v) is 11.4. The predicted octanol–water partition coefficient (Wildman–Crippen LogP) is 2.76. The van der Waals surface area contributed by atoms with Crippen LogP contribution in [0.15, 0.2) is 36.4 Å². The Kier molecular flexibility index (Phi) is 7.26. The highest BCUT2D eigenvalue weighted by molar-refractivity contribution is 6.25. The van der Waals surface area contributed by atoms with Crippen molar-refractivity contribution in [3.8, 4) is 0 Å². The van der Waals surface area contributed by atoms with Crippen molar-refractivity contribution in [1.82, 2.24) is 20.0 Å². The molecule has 0 saturated carbocycles. The minimum Gasteiger partial charge on any atom is -0.380 e. The number of nitrogens with one attached hydrogen (secondary N) is 2. The van der Waals surface area contributed by atoms with E-state index in [0.29, 0.717) is 17.8 Å². The number of fused-ring (bicyclic) bond motifs is 1. The zero-order chi connectivity index (χ0) is 27.9. The summed E-state index contributed by atoms with van der Waals surface area (Å²) in [5.74, 6) is -2.60. The maximum Gasteiger partial charge on any atom is 0.264 e. The average molecular weight is 536 g/mol. The van der Waals surface area contributed by atoms with Gasteiger partial charge in [-0.1, -0.05) is 18.2 Å². The van der Waals surface area contributed by atoms with Crippen molar-refractivity contribution < 1.29 is 23.6 Å². The molecule has 2 aromatic rings. The zero-order valence-corrected chi connectivity index (χ0v) is 22.6. The highest BCUT2D eigenvalue weighted by Crippen LogP contribution is 2.32. The number of hydrogen-bond donors (Lipinski definition) is 2. The van der Waals surface area contributed by atoms with Crippen molar-refractivity contribution in [2.75, 3.05) is 31.5 Å². The monoisotopic (exact) mass is 535 g/mol. The summed E-state index contributed by atoms with van der Waals surface area (Å²) in [6, 6.07) is 9.01. The van der Waals surface area contributed by atoms with Crippen LogP contribution in [0.25, 0.3) is 0 Å². The molecule has 2 fully saturated rings. The molecule has 0 aliphatic carbocycles. The van der Waals surface area contributed by atoms with Gasteiger partial charge < -0.3 is 5.32 Å². The summed E-state index contributed by atoms with van der Waals surface area (Å²) in [5.41, 5.74) is 2.21. The van der Waals surface area contributed by atoms with E-state index in [1.54, 1.807) is 24.3 Å². The van der Waals surface area contributed by atoms with Crippen LogP contribution in [-0.2, 0) is 22.7 Å². The second kappa shape index (κ2) is 10.5. The summed E-state index contributed by atoms with van der Waals surface area (Å²) < 4.78 is 15.0. The van der Waals surface area contributed by atoms with Crippen LogP contribution in [-0.4, -0.2) is 76.1 Å². The number of rotatable bonds is 6. The van der Waals surface area contributed by atoms with Gasteiger partial charge in [-0.2, -0.15) is 0 Å². The normalized spacial score (nSPS) is 20.8. The SMILES string of the molecule is CC(C)(C)N1CCN(Cc2ccc(CNc3cccc4c3C(=O)N(C3CCC(=O)NC3=O)C4=O)c(F)c2)CC1. The molecular weight excluding hydrogens is 501 g/mol. The number of halogens is 1. The molecule has 3 aliphatic heterocycles. The summed E-state index contributed by atoms with van der Waals surface area (Å²) in [7, 11) is 0. The molecule has 206 valence electrons. The summed E-state index contributed by atoms with van der Waals surface area (Å²) in [6.07, 6.45) is 0.139. The molecule has 0 spiro atoms. The highest BCUT2D eigenvalue weighted by atomic mass is 19.1. The van der Waals surface area contributed by atoms with Crippen molar-refractivity contribution in [3.63, 3.8) is 0 Å². The molecule has 5 rings (SSSR count). The first-order valence-electron chi connectivity index (χ1n) is 13.4. The topological polar surface area (TPSA) is 102 Å². The first kappa shape index (κ1) is 27.0. The lowest BCUT2D eigenvalue weighted by atomic mass is 10.0. The van der Waals surface area contributed by atoms with Gasteiger partial charge in [-0.3, -0.25) is 39.2 Å². The fraction of sp³-hybridized carbons (Fsp3) is 0.448. The Morgan fingerprint density at radius 2 is 1.74 bits per heavy atom. The Balaban J connectivity index is 1.24. The molecule has 3 heterocycles. The van der Waals surface area contributed by atoms with Gasteiger partial charge in [-0.15, -0.1) is 0 Å². The summed E-state index contributed by atoms with van der Waals surface area (Å²) in [6.45, 7) is 11.3. The number of hydrogen-bond acceptors (Lipinski definition) is 7. The summed E-state index contributed by atoms with van der Waals surface area (Å²) in [4.78, 5) is 55.9. The van der Waals surface area contributed by atoms with Crippen LogP contribution in [0.4, 0.5) is 10.1 Å². The van der Waals surface area contributed by atoms with Crippen LogP contribution >= 0.6 is 0 Å². The number of anilines is 1. The number of piperidine rings is 1. The molecular formula is C29H34FN5O4. The first-order chi connectivity index (χ1) is 18.5. The Morgan fingerprint density at radius 1 is 1.00 bits per heavy atom. The minimum atomic E-state index is -1.04. The van der Waals surface area contributed by atoms with E-state index >= 15 is 4.39 Å². The molecule has 9 nitrogen and oxygen atoms in total. The van der Waals surface area contributed by atoms with Gasteiger partial charge in [-0.05, 0) is 51.0 Å². The van der Waals surface area contributed by atoms with Crippen molar-refractivity contribution >= 4 is 29.3 Å². The smallest absolute Gasteiger partial charge is 0.264 e. The maximum atomic E-state index is 15.0. The third-order valence-electron chi connectivity index (χ3n) is 7.78. The van der Waals surface area contributed by atoms with Crippen LogP contribution in [0.2, 0.25) is 0 Å². The van der Waals surface area contributed by atoms with E-state index in [0.717, 1.165) is 36.6 Å². The molecule has 4 amide bonds. The third-order valence-corrected chi connectivity index (χ3v) is 7.78. The predicted molar refractivity (Wildman–Crippen MR) is 143 cm³/mol. The summed E-state index contributed by atoms with van der Waals surface area (Å²) >= 11 is 0. The van der Waals surface area contributed by atoms with Crippen molar-refractivity contribution in [2.24, 2.45) is 0 Å². The van der Waals surface area contributed by atoms with Crippen LogP contribution in [0.5, 0.6) is 0 Å². The standard InChI is InChI=1S/C29H34FN5O4/c1-29(2,3)34-13-11-33(12-14-34)17-18-7-8-19(21(30)15-18)16-31-22-6-4-5-20-25(22)28(39)35(27(20)38)23-9-10-24(36)32-26(23)37/h4-8,15,23,31H,9-14,16-17H2,1-3H3,(H,32,36,37). The molecule has 0 radical (unpaired) electrons. The number of carbonyl (C=O) groups excluding carboxylic acids is 4. The van der Waals surface area contributed by atoms with E-state index in [1.165, 1.54) is 6.07 Å². The summed E-state index contributed by atoms with van der Waals surface area (Å²) in [5, 5.41) is 5.30. The number of nitrogens with zero attached hydrogens (tertiary/aromatic N) is 3. The Hall–Kier alpha value is -3.63. The molecule has 10 heteroatoms. The molecule has 1 unspecified atom stereocenters. The number of amides is 4. The highest BCUT2D eigenvalue weighted by Gasteiger charge is 2.45. The van der Waals surface area contributed by atoms with E-state index in [-0.39, 0.29) is 41.9 Å². The van der Waals surface area contributed by atoms with Gasteiger partial charge in [-0.25, -0.2) is 4.39 Å². The van der Waals surface area contributed by atoms with Gasteiger partial charge in [0.15, 0.2) is 0 Å². The lowest BCUT2D eigenvalue weighted by Gasteiger charge is -2.42. The van der Waals surface area contributed by atoms with E-state index in [2.05, 4.69) is 41.2 Å². The van der Waals surface area contributed by atoms with Crippen molar-refractivity contribution in [3.05, 3.63) is 64.5 Å². The molecule has 3 aliphatic rings. The van der Waals surface area contributed by atoms with Gasteiger partial charge in [0.05, 0.1) is 11.1 Å². The van der Waals surface area contributed by atoms with Gasteiger partial charge in [0.1, 0.15) is 11.9 Å². The molecule has 39 heavy (non-hydrogen) atoms. The second-order valence-electron chi connectivity index (χ2n) is 11.4. The van der Waals surface area contributed by atoms with E-state index in [4.69, 9.17) is 0 Å². The Bertz CT molecular complexity index is 1330. The average Bonchev–Trinajstić information content (AvgIpc) is 3.14. The van der Waals surface area contributed by atoms with E-state index in [1.807, 2.05) is 6.07 Å². The number of carbonyl (C=O) groups is 4. The molecule has 1 atom stereocenters. The Labute approximate surface area is 227 Å². The number of benzene rings is 2. The fourth-order valence-corrected chi connectivity index (χ4v) is 5.52. The van der Waals surface area contributed by atoms with Crippen molar-refractivity contribution in [1.29, 1.82) is 0 Å². The van der Waals surface area contributed by atoms with Gasteiger partial charge in [0, 0.05) is 62.5 Å². The number of piperazine rings is 1. The molecule has 2 aromatic carbocycles. The first-order valence-corrected chi connectivity index (χ1v) is 13.4. The lowest BCUT2D eigenvalue weighted by molar-refractivity contribution is -0.136. The Morgan fingerprint density at radius 3 is 2.41 bits per heavy atom. The molecule has 2 saturated heterocycles. The zero-order valence-electron chi connectivity index (χ0n) is 22.6. The maximum absolute atomic E-state index is 15.0. The molecule has 0 aromatic heterocycles. The van der Waals surface area contributed by atoms with Gasteiger partial charge >= 0.3 is 0 Å². The van der Waals surface area contributed by atoms with Crippen LogP contribution in [0, 0.1) is 5.82 Å². The quantitative estimate of drug-likeness (QED) is 0.549. The van der Waals surface area contributed by atoms with Crippen molar-refractivity contribution in [2.45, 2.75) is 58.3 Å². The van der Waals surface area contributed by atoms with Crippen LogP contribution < -0.4 is 10.6 Å². The fourth-order valence-electron chi connectivity index (χ4n) is 5.52.